The zero-order valence-corrected chi connectivity index (χ0v) is 15.7. The zero-order chi connectivity index (χ0) is 18.4. The summed E-state index contributed by atoms with van der Waals surface area (Å²) in [4.78, 5) is 15.9. The summed E-state index contributed by atoms with van der Waals surface area (Å²) in [6.45, 7) is 7.48. The highest BCUT2D eigenvalue weighted by Gasteiger charge is 2.25. The molecule has 1 aliphatic rings. The van der Waals surface area contributed by atoms with Gasteiger partial charge in [-0.25, -0.2) is 0 Å². The molecule has 0 aliphatic carbocycles. The maximum Gasteiger partial charge on any atom is 0.256 e. The van der Waals surface area contributed by atoms with Gasteiger partial charge in [0.1, 0.15) is 19.3 Å². The van der Waals surface area contributed by atoms with Crippen LogP contribution in [0.5, 0.6) is 11.5 Å². The molecule has 1 aromatic heterocycles. The van der Waals surface area contributed by atoms with Crippen molar-refractivity contribution < 1.29 is 19.0 Å². The van der Waals surface area contributed by atoms with E-state index in [9.17, 15) is 4.79 Å². The first-order chi connectivity index (χ1) is 12.7. The van der Waals surface area contributed by atoms with E-state index in [4.69, 9.17) is 14.2 Å². The van der Waals surface area contributed by atoms with Crippen molar-refractivity contribution in [2.45, 2.75) is 26.0 Å². The standard InChI is InChI=1S/C20H23NO4S/c1-3-4-9-23-15(2)20(22)21(14-17-6-5-12-26-17)16-7-8-18-19(13-16)25-11-10-24-18/h3,5-8,12-13,15H,1,4,9-11,14H2,2H3. The van der Waals surface area contributed by atoms with Crippen LogP contribution in [0.25, 0.3) is 0 Å². The van der Waals surface area contributed by atoms with Crippen LogP contribution in [0.4, 0.5) is 5.69 Å². The number of nitrogens with zero attached hydrogens (tertiary/aromatic N) is 1. The first-order valence-corrected chi connectivity index (χ1v) is 9.53. The van der Waals surface area contributed by atoms with E-state index in [1.165, 1.54) is 0 Å². The van der Waals surface area contributed by atoms with Crippen molar-refractivity contribution in [1.82, 2.24) is 0 Å². The molecular weight excluding hydrogens is 350 g/mol. The van der Waals surface area contributed by atoms with Crippen LogP contribution in [0.2, 0.25) is 0 Å². The van der Waals surface area contributed by atoms with Gasteiger partial charge in [-0.15, -0.1) is 17.9 Å². The summed E-state index contributed by atoms with van der Waals surface area (Å²) in [5, 5.41) is 2.01. The van der Waals surface area contributed by atoms with Crippen molar-refractivity contribution in [2.75, 3.05) is 24.7 Å². The van der Waals surface area contributed by atoms with Gasteiger partial charge in [0.05, 0.1) is 13.2 Å². The Balaban J connectivity index is 1.83. The quantitative estimate of drug-likeness (QED) is 0.518. The highest BCUT2D eigenvalue weighted by atomic mass is 32.1. The zero-order valence-electron chi connectivity index (χ0n) is 14.8. The molecule has 0 saturated heterocycles. The van der Waals surface area contributed by atoms with Crippen molar-refractivity contribution in [3.8, 4) is 11.5 Å². The fourth-order valence-electron chi connectivity index (χ4n) is 2.67. The van der Waals surface area contributed by atoms with Crippen molar-refractivity contribution >= 4 is 22.9 Å². The van der Waals surface area contributed by atoms with E-state index in [1.807, 2.05) is 35.7 Å². The summed E-state index contributed by atoms with van der Waals surface area (Å²) in [7, 11) is 0. The van der Waals surface area contributed by atoms with E-state index in [0.717, 1.165) is 10.6 Å². The van der Waals surface area contributed by atoms with E-state index in [1.54, 1.807) is 29.2 Å². The molecule has 2 aromatic rings. The van der Waals surface area contributed by atoms with Gasteiger partial charge in [0.15, 0.2) is 11.5 Å². The second kappa shape index (κ2) is 8.87. The van der Waals surface area contributed by atoms with Gasteiger partial charge in [0.2, 0.25) is 0 Å². The Hall–Kier alpha value is -2.31. The average Bonchev–Trinajstić information content (AvgIpc) is 3.18. The summed E-state index contributed by atoms with van der Waals surface area (Å²) >= 11 is 1.62. The number of hydrogen-bond acceptors (Lipinski definition) is 5. The molecule has 1 aliphatic heterocycles. The average molecular weight is 373 g/mol. The van der Waals surface area contributed by atoms with Gasteiger partial charge in [-0.1, -0.05) is 12.1 Å². The molecule has 0 N–H and O–H groups in total. The topological polar surface area (TPSA) is 48.0 Å². The molecule has 1 unspecified atom stereocenters. The highest BCUT2D eigenvalue weighted by Crippen LogP contribution is 2.35. The summed E-state index contributed by atoms with van der Waals surface area (Å²) in [6.07, 6.45) is 1.96. The Morgan fingerprint density at radius 3 is 2.88 bits per heavy atom. The predicted octanol–water partition coefficient (Wildman–Crippen LogP) is 4.03. The lowest BCUT2D eigenvalue weighted by atomic mass is 10.2. The van der Waals surface area contributed by atoms with Gasteiger partial charge in [0.25, 0.3) is 5.91 Å². The molecule has 2 heterocycles. The lowest BCUT2D eigenvalue weighted by molar-refractivity contribution is -0.129. The van der Waals surface area contributed by atoms with Gasteiger partial charge in [0, 0.05) is 16.6 Å². The van der Waals surface area contributed by atoms with Crippen molar-refractivity contribution in [3.05, 3.63) is 53.2 Å². The van der Waals surface area contributed by atoms with Gasteiger partial charge < -0.3 is 19.1 Å². The third-order valence-corrected chi connectivity index (χ3v) is 4.90. The highest BCUT2D eigenvalue weighted by molar-refractivity contribution is 7.09. The smallest absolute Gasteiger partial charge is 0.256 e. The molecule has 0 radical (unpaired) electrons. The van der Waals surface area contributed by atoms with E-state index in [2.05, 4.69) is 6.58 Å². The molecule has 1 atom stereocenters. The number of rotatable bonds is 8. The lowest BCUT2D eigenvalue weighted by Crippen LogP contribution is -2.39. The second-order valence-electron chi connectivity index (χ2n) is 5.92. The van der Waals surface area contributed by atoms with Crippen LogP contribution in [0.3, 0.4) is 0 Å². The number of thiophene rings is 1. The minimum atomic E-state index is -0.539. The maximum absolute atomic E-state index is 13.0. The Morgan fingerprint density at radius 1 is 1.35 bits per heavy atom. The number of ether oxygens (including phenoxy) is 3. The minimum Gasteiger partial charge on any atom is -0.486 e. The van der Waals surface area contributed by atoms with E-state index in [-0.39, 0.29) is 5.91 Å². The minimum absolute atomic E-state index is 0.0841. The molecule has 1 aromatic carbocycles. The molecule has 1 amide bonds. The summed E-state index contributed by atoms with van der Waals surface area (Å²) in [6, 6.07) is 9.59. The van der Waals surface area contributed by atoms with Crippen LogP contribution in [0.15, 0.2) is 48.4 Å². The van der Waals surface area contributed by atoms with Crippen molar-refractivity contribution in [2.24, 2.45) is 0 Å². The molecule has 3 rings (SSSR count). The molecule has 0 saturated carbocycles. The number of hydrogen-bond donors (Lipinski definition) is 0. The largest absolute Gasteiger partial charge is 0.486 e. The number of carbonyl (C=O) groups is 1. The lowest BCUT2D eigenvalue weighted by Gasteiger charge is -2.27. The second-order valence-corrected chi connectivity index (χ2v) is 6.95. The monoisotopic (exact) mass is 373 g/mol. The Kier molecular flexibility index (Phi) is 6.30. The summed E-state index contributed by atoms with van der Waals surface area (Å²) in [5.74, 6) is 1.29. The SMILES string of the molecule is C=CCCOC(C)C(=O)N(Cc1cccs1)c1ccc2c(c1)OCCO2. The molecule has 6 heteroatoms. The Labute approximate surface area is 157 Å². The van der Waals surface area contributed by atoms with Crippen molar-refractivity contribution in [1.29, 1.82) is 0 Å². The Bertz CT molecular complexity index is 744. The first kappa shape index (κ1) is 18.5. The molecule has 26 heavy (non-hydrogen) atoms. The molecular formula is C20H23NO4S. The fourth-order valence-corrected chi connectivity index (χ4v) is 3.37. The molecule has 0 spiro atoms. The van der Waals surface area contributed by atoms with Crippen LogP contribution in [-0.2, 0) is 16.1 Å². The first-order valence-electron chi connectivity index (χ1n) is 8.65. The summed E-state index contributed by atoms with van der Waals surface area (Å²) in [5.41, 5.74) is 0.770. The van der Waals surface area contributed by atoms with Crippen LogP contribution in [-0.4, -0.2) is 31.8 Å². The number of carbonyl (C=O) groups excluding carboxylic acids is 1. The van der Waals surface area contributed by atoms with E-state index >= 15 is 0 Å². The van der Waals surface area contributed by atoms with E-state index < -0.39 is 6.10 Å². The predicted molar refractivity (Wildman–Crippen MR) is 103 cm³/mol. The van der Waals surface area contributed by atoms with Crippen LogP contribution >= 0.6 is 11.3 Å². The number of benzene rings is 1. The van der Waals surface area contributed by atoms with Gasteiger partial charge in [-0.3, -0.25) is 4.79 Å². The van der Waals surface area contributed by atoms with Crippen LogP contribution in [0, 0.1) is 0 Å². The summed E-state index contributed by atoms with van der Waals surface area (Å²) < 4.78 is 16.9. The number of amides is 1. The van der Waals surface area contributed by atoms with Crippen molar-refractivity contribution in [3.63, 3.8) is 0 Å². The van der Waals surface area contributed by atoms with E-state index in [0.29, 0.717) is 44.3 Å². The van der Waals surface area contributed by atoms with Crippen LogP contribution in [0.1, 0.15) is 18.2 Å². The third kappa shape index (κ3) is 4.45. The maximum atomic E-state index is 13.0. The molecule has 138 valence electrons. The third-order valence-electron chi connectivity index (χ3n) is 4.04. The van der Waals surface area contributed by atoms with Crippen LogP contribution < -0.4 is 14.4 Å². The number of anilines is 1. The van der Waals surface area contributed by atoms with Gasteiger partial charge >= 0.3 is 0 Å². The molecule has 5 nitrogen and oxygen atoms in total. The Morgan fingerprint density at radius 2 is 2.15 bits per heavy atom. The molecule has 0 fully saturated rings. The molecule has 0 bridgehead atoms. The van der Waals surface area contributed by atoms with Gasteiger partial charge in [-0.05, 0) is 36.9 Å². The number of fused-ring (bicyclic) bond motifs is 1. The van der Waals surface area contributed by atoms with Gasteiger partial charge in [-0.2, -0.15) is 0 Å². The normalized spacial score (nSPS) is 13.9. The fraction of sp³-hybridized carbons (Fsp3) is 0.350.